The fourth-order valence-electron chi connectivity index (χ4n) is 2.08. The lowest BCUT2D eigenvalue weighted by atomic mass is 9.87. The molecule has 0 aliphatic rings. The smallest absolute Gasteiger partial charge is 0.407 e. The highest BCUT2D eigenvalue weighted by Crippen LogP contribution is 2.24. The van der Waals surface area contributed by atoms with Crippen LogP contribution in [0.3, 0.4) is 0 Å². The van der Waals surface area contributed by atoms with Gasteiger partial charge in [-0.05, 0) is 51.3 Å². The standard InChI is InChI=1S/C22H33N3O4/c1-15(21(2,3)4)13-19(27)25-17-10-8-9-16(14-17)24-18(26)11-12-23-20(28)29-22(5,6)7/h8-10,13-14H,11-12H2,1-7H3,(H,23,28)(H,24,26)(H,25,27)/b15-13+. The molecule has 0 fully saturated rings. The van der Waals surface area contributed by atoms with Crippen LogP contribution in [0.15, 0.2) is 35.9 Å². The molecule has 0 spiro atoms. The molecule has 7 heteroatoms. The SMILES string of the molecule is C/C(=C\C(=O)Nc1cccc(NC(=O)CCNC(=O)OC(C)(C)C)c1)C(C)(C)C. The van der Waals surface area contributed by atoms with Crippen molar-refractivity contribution in [3.63, 3.8) is 0 Å². The Morgan fingerprint density at radius 1 is 1.00 bits per heavy atom. The van der Waals surface area contributed by atoms with Crippen molar-refractivity contribution in [3.05, 3.63) is 35.9 Å². The summed E-state index contributed by atoms with van der Waals surface area (Å²) in [5.41, 5.74) is 1.44. The molecule has 0 aliphatic heterocycles. The largest absolute Gasteiger partial charge is 0.444 e. The molecule has 1 aromatic carbocycles. The Morgan fingerprint density at radius 3 is 2.14 bits per heavy atom. The Balaban J connectivity index is 2.55. The number of amides is 3. The number of allylic oxidation sites excluding steroid dienone is 1. The van der Waals surface area contributed by atoms with Crippen molar-refractivity contribution in [2.45, 2.75) is 60.5 Å². The van der Waals surface area contributed by atoms with Gasteiger partial charge in [0.25, 0.3) is 0 Å². The van der Waals surface area contributed by atoms with Crippen LogP contribution in [0.5, 0.6) is 0 Å². The molecule has 0 aromatic heterocycles. The predicted molar refractivity (Wildman–Crippen MR) is 116 cm³/mol. The van der Waals surface area contributed by atoms with E-state index in [0.717, 1.165) is 5.57 Å². The van der Waals surface area contributed by atoms with Crippen molar-refractivity contribution in [2.75, 3.05) is 17.2 Å². The summed E-state index contributed by atoms with van der Waals surface area (Å²) in [6.45, 7) is 13.5. The minimum absolute atomic E-state index is 0.0828. The maximum atomic E-state index is 12.2. The van der Waals surface area contributed by atoms with Crippen molar-refractivity contribution in [1.29, 1.82) is 0 Å². The van der Waals surface area contributed by atoms with Crippen molar-refractivity contribution < 1.29 is 19.1 Å². The lowest BCUT2D eigenvalue weighted by molar-refractivity contribution is -0.116. The number of carbonyl (C=O) groups is 3. The fourth-order valence-corrected chi connectivity index (χ4v) is 2.08. The third-order valence-electron chi connectivity index (χ3n) is 3.96. The van der Waals surface area contributed by atoms with E-state index >= 15 is 0 Å². The number of anilines is 2. The van der Waals surface area contributed by atoms with E-state index in [4.69, 9.17) is 4.74 Å². The highest BCUT2D eigenvalue weighted by molar-refractivity contribution is 6.00. The maximum Gasteiger partial charge on any atom is 0.407 e. The Bertz CT molecular complexity index is 771. The Kier molecular flexibility index (Phi) is 8.42. The van der Waals surface area contributed by atoms with Crippen LogP contribution in [-0.2, 0) is 14.3 Å². The number of benzene rings is 1. The number of alkyl carbamates (subject to hydrolysis) is 1. The van der Waals surface area contributed by atoms with E-state index < -0.39 is 11.7 Å². The van der Waals surface area contributed by atoms with E-state index in [1.807, 2.05) is 27.7 Å². The van der Waals surface area contributed by atoms with Crippen molar-refractivity contribution in [2.24, 2.45) is 5.41 Å². The Hall–Kier alpha value is -2.83. The minimum atomic E-state index is -0.585. The zero-order valence-electron chi connectivity index (χ0n) is 18.4. The van der Waals surface area contributed by atoms with E-state index in [2.05, 4.69) is 16.0 Å². The lowest BCUT2D eigenvalue weighted by Crippen LogP contribution is -2.34. The monoisotopic (exact) mass is 403 g/mol. The molecule has 0 heterocycles. The topological polar surface area (TPSA) is 96.5 Å². The normalized spacial score (nSPS) is 12.2. The molecule has 0 saturated heterocycles. The molecule has 0 unspecified atom stereocenters. The van der Waals surface area contributed by atoms with Crippen LogP contribution in [-0.4, -0.2) is 30.1 Å². The first-order chi connectivity index (χ1) is 13.3. The summed E-state index contributed by atoms with van der Waals surface area (Å²) in [6.07, 6.45) is 1.12. The van der Waals surface area contributed by atoms with Crippen LogP contribution >= 0.6 is 0 Å². The second-order valence-electron chi connectivity index (χ2n) is 8.87. The number of ether oxygens (including phenoxy) is 1. The molecule has 1 aromatic rings. The van der Waals surface area contributed by atoms with Crippen LogP contribution in [0.2, 0.25) is 0 Å². The fraction of sp³-hybridized carbons (Fsp3) is 0.500. The van der Waals surface area contributed by atoms with Gasteiger partial charge in [-0.2, -0.15) is 0 Å². The van der Waals surface area contributed by atoms with Crippen molar-refractivity contribution in [1.82, 2.24) is 5.32 Å². The summed E-state index contributed by atoms with van der Waals surface area (Å²) in [5, 5.41) is 8.08. The van der Waals surface area contributed by atoms with Crippen molar-refractivity contribution in [3.8, 4) is 0 Å². The Morgan fingerprint density at radius 2 is 1.59 bits per heavy atom. The molecule has 160 valence electrons. The van der Waals surface area contributed by atoms with E-state index in [1.165, 1.54) is 0 Å². The van der Waals surface area contributed by atoms with Gasteiger partial charge in [-0.25, -0.2) is 4.79 Å². The summed E-state index contributed by atoms with van der Waals surface area (Å²) in [6, 6.07) is 6.89. The highest BCUT2D eigenvalue weighted by Gasteiger charge is 2.16. The molecule has 29 heavy (non-hydrogen) atoms. The van der Waals surface area contributed by atoms with Crippen molar-refractivity contribution >= 4 is 29.3 Å². The Labute approximate surface area is 173 Å². The summed E-state index contributed by atoms with van der Waals surface area (Å²) in [7, 11) is 0. The number of nitrogens with one attached hydrogen (secondary N) is 3. The van der Waals surface area contributed by atoms with E-state index in [1.54, 1.807) is 51.1 Å². The number of hydrogen-bond acceptors (Lipinski definition) is 4. The van der Waals surface area contributed by atoms with Gasteiger partial charge >= 0.3 is 6.09 Å². The van der Waals surface area contributed by atoms with Crippen LogP contribution in [0.25, 0.3) is 0 Å². The molecular formula is C22H33N3O4. The molecule has 3 N–H and O–H groups in total. The zero-order chi connectivity index (χ0) is 22.2. The van der Waals surface area contributed by atoms with Crippen LogP contribution < -0.4 is 16.0 Å². The summed E-state index contributed by atoms with van der Waals surface area (Å²) >= 11 is 0. The first-order valence-electron chi connectivity index (χ1n) is 9.63. The summed E-state index contributed by atoms with van der Waals surface area (Å²) in [5.74, 6) is -0.476. The predicted octanol–water partition coefficient (Wildman–Crippen LogP) is 4.47. The van der Waals surface area contributed by atoms with Gasteiger partial charge in [-0.15, -0.1) is 0 Å². The average molecular weight is 404 g/mol. The zero-order valence-corrected chi connectivity index (χ0v) is 18.4. The lowest BCUT2D eigenvalue weighted by Gasteiger charge is -2.19. The van der Waals surface area contributed by atoms with Crippen LogP contribution in [0.1, 0.15) is 54.9 Å². The van der Waals surface area contributed by atoms with Gasteiger partial charge in [-0.1, -0.05) is 32.4 Å². The van der Waals surface area contributed by atoms with Gasteiger partial charge in [0.1, 0.15) is 5.60 Å². The van der Waals surface area contributed by atoms with Gasteiger partial charge in [0.15, 0.2) is 0 Å². The molecule has 7 nitrogen and oxygen atoms in total. The molecule has 3 amide bonds. The van der Waals surface area contributed by atoms with Gasteiger partial charge < -0.3 is 20.7 Å². The molecule has 0 aliphatic carbocycles. The summed E-state index contributed by atoms with van der Waals surface area (Å²) < 4.78 is 5.11. The number of carbonyl (C=O) groups excluding carboxylic acids is 3. The molecule has 1 rings (SSSR count). The van der Waals surface area contributed by atoms with Gasteiger partial charge in [0, 0.05) is 30.4 Å². The van der Waals surface area contributed by atoms with Crippen LogP contribution in [0, 0.1) is 5.41 Å². The van der Waals surface area contributed by atoms with Gasteiger partial charge in [-0.3, -0.25) is 9.59 Å². The highest BCUT2D eigenvalue weighted by atomic mass is 16.6. The van der Waals surface area contributed by atoms with Crippen LogP contribution in [0.4, 0.5) is 16.2 Å². The number of rotatable bonds is 6. The molecule has 0 atom stereocenters. The molecule has 0 saturated carbocycles. The van der Waals surface area contributed by atoms with Gasteiger partial charge in [0.05, 0.1) is 0 Å². The van der Waals surface area contributed by atoms with Gasteiger partial charge in [0.2, 0.25) is 11.8 Å². The molecule has 0 radical (unpaired) electrons. The maximum absolute atomic E-state index is 12.2. The quantitative estimate of drug-likeness (QED) is 0.611. The average Bonchev–Trinajstić information content (AvgIpc) is 2.52. The minimum Gasteiger partial charge on any atom is -0.444 e. The number of hydrogen-bond donors (Lipinski definition) is 3. The first-order valence-corrected chi connectivity index (χ1v) is 9.63. The second-order valence-corrected chi connectivity index (χ2v) is 8.87. The summed E-state index contributed by atoms with van der Waals surface area (Å²) in [4.78, 5) is 35.8. The van der Waals surface area contributed by atoms with E-state index in [0.29, 0.717) is 11.4 Å². The van der Waals surface area contributed by atoms with E-state index in [9.17, 15) is 14.4 Å². The van der Waals surface area contributed by atoms with E-state index in [-0.39, 0.29) is 30.2 Å². The first kappa shape index (κ1) is 24.2. The second kappa shape index (κ2) is 10.1. The third kappa shape index (κ3) is 10.3. The molecule has 0 bridgehead atoms. The molecular weight excluding hydrogens is 370 g/mol. The third-order valence-corrected chi connectivity index (χ3v) is 3.96.